The van der Waals surface area contributed by atoms with E-state index in [1.165, 1.54) is 12.1 Å². The van der Waals surface area contributed by atoms with Crippen LogP contribution in [0.15, 0.2) is 18.2 Å². The monoisotopic (exact) mass is 311 g/mol. The van der Waals surface area contributed by atoms with E-state index in [2.05, 4.69) is 0 Å². The number of fused-ring (bicyclic) bond motifs is 1. The van der Waals surface area contributed by atoms with Crippen molar-refractivity contribution in [2.24, 2.45) is 5.41 Å². The zero-order valence-corrected chi connectivity index (χ0v) is 12.8. The zero-order valence-electron chi connectivity index (χ0n) is 12.8. The summed E-state index contributed by atoms with van der Waals surface area (Å²) in [4.78, 5) is 14.3. The largest absolute Gasteiger partial charge is 0.332 e. The highest BCUT2D eigenvalue weighted by molar-refractivity contribution is 5.86. The van der Waals surface area contributed by atoms with Gasteiger partial charge in [-0.2, -0.15) is 0 Å². The molecule has 1 amide bonds. The molecule has 5 heteroatoms. The van der Waals surface area contributed by atoms with Crippen LogP contribution in [-0.2, 0) is 4.79 Å². The Morgan fingerprint density at radius 3 is 2.64 bits per heavy atom. The van der Waals surface area contributed by atoms with E-state index in [0.29, 0.717) is 12.8 Å². The second-order valence-corrected chi connectivity index (χ2v) is 6.54. The van der Waals surface area contributed by atoms with Gasteiger partial charge < -0.3 is 4.90 Å². The minimum atomic E-state index is -2.65. The molecule has 0 aromatic heterocycles. The number of nitrogens with zero attached hydrogens (tertiary/aromatic N) is 1. The maximum atomic E-state index is 13.6. The van der Waals surface area contributed by atoms with Crippen molar-refractivity contribution < 1.29 is 18.0 Å². The predicted octanol–water partition coefficient (Wildman–Crippen LogP) is 4.23. The number of alkyl halides is 2. The Morgan fingerprint density at radius 2 is 2.05 bits per heavy atom. The quantitative estimate of drug-likeness (QED) is 0.818. The van der Waals surface area contributed by atoms with Gasteiger partial charge in [-0.3, -0.25) is 4.79 Å². The minimum absolute atomic E-state index is 0.143. The maximum Gasteiger partial charge on any atom is 0.252 e. The van der Waals surface area contributed by atoms with Gasteiger partial charge in [-0.05, 0) is 55.9 Å². The van der Waals surface area contributed by atoms with E-state index in [4.69, 9.17) is 0 Å². The Bertz CT molecular complexity index is 583. The Kier molecular flexibility index (Phi) is 3.69. The highest BCUT2D eigenvalue weighted by Crippen LogP contribution is 2.52. The van der Waals surface area contributed by atoms with Gasteiger partial charge >= 0.3 is 0 Å². The van der Waals surface area contributed by atoms with Crippen LogP contribution in [0.4, 0.5) is 13.2 Å². The molecular weight excluding hydrogens is 291 g/mol. The van der Waals surface area contributed by atoms with E-state index in [-0.39, 0.29) is 30.7 Å². The second kappa shape index (κ2) is 5.28. The summed E-state index contributed by atoms with van der Waals surface area (Å²) in [7, 11) is 0. The summed E-state index contributed by atoms with van der Waals surface area (Å²) in [6, 6.07) is 4.27. The Labute approximate surface area is 128 Å². The summed E-state index contributed by atoms with van der Waals surface area (Å²) in [6.45, 7) is 3.44. The molecule has 0 radical (unpaired) electrons. The van der Waals surface area contributed by atoms with Crippen LogP contribution in [0.3, 0.4) is 0 Å². The van der Waals surface area contributed by atoms with Gasteiger partial charge in [0, 0.05) is 6.04 Å². The number of aryl methyl sites for hydroxylation is 1. The van der Waals surface area contributed by atoms with Gasteiger partial charge in [-0.1, -0.05) is 13.0 Å². The zero-order chi connectivity index (χ0) is 16.1. The van der Waals surface area contributed by atoms with Crippen molar-refractivity contribution >= 4 is 5.91 Å². The van der Waals surface area contributed by atoms with Crippen molar-refractivity contribution in [2.45, 2.75) is 58.0 Å². The second-order valence-electron chi connectivity index (χ2n) is 6.54. The fourth-order valence-electron chi connectivity index (χ4n) is 4.07. The first-order valence-corrected chi connectivity index (χ1v) is 7.77. The average Bonchev–Trinajstić information content (AvgIpc) is 2.96. The number of carbonyl (C=O) groups excluding carboxylic acids is 1. The molecule has 2 saturated heterocycles. The van der Waals surface area contributed by atoms with E-state index in [9.17, 15) is 18.0 Å². The molecule has 0 saturated carbocycles. The molecule has 0 unspecified atom stereocenters. The fourth-order valence-corrected chi connectivity index (χ4v) is 4.07. The molecule has 2 aliphatic rings. The van der Waals surface area contributed by atoms with Crippen LogP contribution in [0.1, 0.15) is 49.8 Å². The highest BCUT2D eigenvalue weighted by Gasteiger charge is 2.59. The fraction of sp³-hybridized carbons (Fsp3) is 0.588. The van der Waals surface area contributed by atoms with Crippen molar-refractivity contribution in [3.8, 4) is 0 Å². The van der Waals surface area contributed by atoms with Gasteiger partial charge in [0.05, 0.1) is 6.04 Å². The molecule has 2 fully saturated rings. The summed E-state index contributed by atoms with van der Waals surface area (Å²) in [5.74, 6) is -0.805. The third kappa shape index (κ3) is 2.13. The van der Waals surface area contributed by atoms with Crippen LogP contribution < -0.4 is 0 Å². The Balaban J connectivity index is 1.96. The molecule has 0 bridgehead atoms. The van der Waals surface area contributed by atoms with Gasteiger partial charge in [-0.25, -0.2) is 13.2 Å². The molecule has 0 aliphatic carbocycles. The smallest absolute Gasteiger partial charge is 0.252 e. The normalized spacial score (nSPS) is 31.2. The summed E-state index contributed by atoms with van der Waals surface area (Å²) in [6.07, 6.45) is -0.871. The van der Waals surface area contributed by atoms with Crippen LogP contribution >= 0.6 is 0 Å². The summed E-state index contributed by atoms with van der Waals surface area (Å²) < 4.78 is 40.7. The van der Waals surface area contributed by atoms with Gasteiger partial charge in [-0.15, -0.1) is 0 Å². The highest BCUT2D eigenvalue weighted by atomic mass is 19.3. The summed E-state index contributed by atoms with van der Waals surface area (Å²) in [5, 5.41) is 0. The number of rotatable bonds is 3. The molecule has 2 aliphatic heterocycles. The lowest BCUT2D eigenvalue weighted by molar-refractivity contribution is -0.146. The number of hydrogen-bond donors (Lipinski definition) is 0. The van der Waals surface area contributed by atoms with E-state index in [0.717, 1.165) is 11.1 Å². The Morgan fingerprint density at radius 1 is 1.32 bits per heavy atom. The van der Waals surface area contributed by atoms with Gasteiger partial charge in [0.15, 0.2) is 0 Å². The van der Waals surface area contributed by atoms with Gasteiger partial charge in [0.25, 0.3) is 6.43 Å². The van der Waals surface area contributed by atoms with Crippen molar-refractivity contribution in [3.05, 3.63) is 35.1 Å². The van der Waals surface area contributed by atoms with Crippen LogP contribution in [0, 0.1) is 18.2 Å². The van der Waals surface area contributed by atoms with Crippen molar-refractivity contribution in [2.75, 3.05) is 0 Å². The van der Waals surface area contributed by atoms with Crippen LogP contribution in [0.2, 0.25) is 0 Å². The SMILES string of the molecule is CC[C@]1(C(F)F)C[C@@H]2CC[C@H](c3cc(C)cc(F)c3)N2C1=O. The van der Waals surface area contributed by atoms with Gasteiger partial charge in [0.1, 0.15) is 11.2 Å². The molecule has 1 aromatic rings. The molecule has 22 heavy (non-hydrogen) atoms. The van der Waals surface area contributed by atoms with E-state index < -0.39 is 17.7 Å². The first-order valence-electron chi connectivity index (χ1n) is 7.77. The molecule has 2 heterocycles. The number of hydrogen-bond acceptors (Lipinski definition) is 1. The average molecular weight is 311 g/mol. The molecule has 2 nitrogen and oxygen atoms in total. The number of amides is 1. The lowest BCUT2D eigenvalue weighted by Crippen LogP contribution is -2.40. The van der Waals surface area contributed by atoms with Crippen molar-refractivity contribution in [3.63, 3.8) is 0 Å². The van der Waals surface area contributed by atoms with E-state index in [1.54, 1.807) is 18.7 Å². The Hall–Kier alpha value is -1.52. The lowest BCUT2D eigenvalue weighted by atomic mass is 9.81. The predicted molar refractivity (Wildman–Crippen MR) is 77.1 cm³/mol. The number of benzene rings is 1. The number of halogens is 3. The van der Waals surface area contributed by atoms with Crippen LogP contribution in [0.5, 0.6) is 0 Å². The molecule has 120 valence electrons. The standard InChI is InChI=1S/C17H20F3NO/c1-3-17(15(19)20)9-13-4-5-14(21(13)16(17)22)11-6-10(2)7-12(18)8-11/h6-8,13-15H,3-5,9H2,1-2H3/t13-,14+,17+/m0/s1. The molecule has 1 aromatic carbocycles. The first kappa shape index (κ1) is 15.4. The van der Waals surface area contributed by atoms with E-state index in [1.807, 2.05) is 6.07 Å². The summed E-state index contributed by atoms with van der Waals surface area (Å²) in [5.41, 5.74) is -0.0543. The minimum Gasteiger partial charge on any atom is -0.332 e. The third-order valence-corrected chi connectivity index (χ3v) is 5.26. The molecule has 3 rings (SSSR count). The van der Waals surface area contributed by atoms with Crippen LogP contribution in [-0.4, -0.2) is 23.3 Å². The third-order valence-electron chi connectivity index (χ3n) is 5.26. The summed E-state index contributed by atoms with van der Waals surface area (Å²) >= 11 is 0. The van der Waals surface area contributed by atoms with Crippen LogP contribution in [0.25, 0.3) is 0 Å². The lowest BCUT2D eigenvalue weighted by Gasteiger charge is -2.29. The molecule has 0 spiro atoms. The number of carbonyl (C=O) groups is 1. The molecule has 0 N–H and O–H groups in total. The maximum absolute atomic E-state index is 13.6. The van der Waals surface area contributed by atoms with E-state index >= 15 is 0 Å². The van der Waals surface area contributed by atoms with Crippen molar-refractivity contribution in [1.29, 1.82) is 0 Å². The topological polar surface area (TPSA) is 20.3 Å². The molecule has 3 atom stereocenters. The molecular formula is C17H20F3NO. The van der Waals surface area contributed by atoms with Crippen molar-refractivity contribution in [1.82, 2.24) is 4.90 Å². The van der Waals surface area contributed by atoms with Gasteiger partial charge in [0.2, 0.25) is 5.91 Å². The first-order chi connectivity index (χ1) is 10.4.